The number of anilines is 2. The van der Waals surface area contributed by atoms with E-state index >= 15 is 0 Å². The van der Waals surface area contributed by atoms with Crippen molar-refractivity contribution in [2.75, 3.05) is 18.2 Å². The molecule has 5 nitrogen and oxygen atoms in total. The molecule has 20 heavy (non-hydrogen) atoms. The largest absolute Gasteiger partial charge is 0.504 e. The van der Waals surface area contributed by atoms with Crippen LogP contribution >= 0.6 is 0 Å². The number of hydrogen-bond acceptors (Lipinski definition) is 4. The fraction of sp³-hybridized carbons (Fsp3) is 0.133. The van der Waals surface area contributed by atoms with Gasteiger partial charge in [0.15, 0.2) is 11.5 Å². The van der Waals surface area contributed by atoms with E-state index in [1.165, 1.54) is 19.2 Å². The first kappa shape index (κ1) is 13.7. The molecule has 4 N–H and O–H groups in total. The Balaban J connectivity index is 2.21. The van der Waals surface area contributed by atoms with Gasteiger partial charge in [-0.2, -0.15) is 0 Å². The highest BCUT2D eigenvalue weighted by atomic mass is 16.5. The second-order valence-corrected chi connectivity index (χ2v) is 4.43. The lowest BCUT2D eigenvalue weighted by Gasteiger charge is -2.10. The molecule has 0 radical (unpaired) electrons. The lowest BCUT2D eigenvalue weighted by molar-refractivity contribution is 0.102. The van der Waals surface area contributed by atoms with Crippen LogP contribution in [0.3, 0.4) is 0 Å². The fourth-order valence-electron chi connectivity index (χ4n) is 1.82. The van der Waals surface area contributed by atoms with Gasteiger partial charge in [0.05, 0.1) is 18.5 Å². The van der Waals surface area contributed by atoms with Crippen molar-refractivity contribution < 1.29 is 14.6 Å². The number of carbonyl (C=O) groups excluding carboxylic acids is 1. The summed E-state index contributed by atoms with van der Waals surface area (Å²) in [5.41, 5.74) is 8.21. The third kappa shape index (κ3) is 2.83. The summed E-state index contributed by atoms with van der Waals surface area (Å²) in [6, 6.07) is 9.82. The van der Waals surface area contributed by atoms with Gasteiger partial charge in [0.1, 0.15) is 0 Å². The molecule has 0 spiro atoms. The third-order valence-corrected chi connectivity index (χ3v) is 2.90. The zero-order valence-corrected chi connectivity index (χ0v) is 11.3. The van der Waals surface area contributed by atoms with E-state index in [4.69, 9.17) is 10.5 Å². The maximum absolute atomic E-state index is 12.1. The lowest BCUT2D eigenvalue weighted by Crippen LogP contribution is -2.13. The standard InChI is InChI=1S/C15H16N2O3/c1-9-3-5-12(11(16)7-9)17-15(19)10-4-6-14(20-2)13(18)8-10/h3-8,18H,16H2,1-2H3,(H,17,19). The molecule has 0 bridgehead atoms. The van der Waals surface area contributed by atoms with E-state index in [0.29, 0.717) is 22.7 Å². The SMILES string of the molecule is COc1ccc(C(=O)Nc2ccc(C)cc2N)cc1O. The van der Waals surface area contributed by atoms with Crippen molar-refractivity contribution >= 4 is 17.3 Å². The van der Waals surface area contributed by atoms with Gasteiger partial charge in [-0.25, -0.2) is 0 Å². The predicted octanol–water partition coefficient (Wildman–Crippen LogP) is 2.54. The van der Waals surface area contributed by atoms with E-state index < -0.39 is 0 Å². The van der Waals surface area contributed by atoms with Crippen LogP contribution in [0, 0.1) is 6.92 Å². The normalized spacial score (nSPS) is 10.1. The summed E-state index contributed by atoms with van der Waals surface area (Å²) in [4.78, 5) is 12.1. The molecule has 0 saturated carbocycles. The highest BCUT2D eigenvalue weighted by molar-refractivity contribution is 6.06. The molecule has 2 aromatic carbocycles. The number of hydrogen-bond donors (Lipinski definition) is 3. The average Bonchev–Trinajstić information content (AvgIpc) is 2.41. The lowest BCUT2D eigenvalue weighted by atomic mass is 10.1. The number of aromatic hydroxyl groups is 1. The summed E-state index contributed by atoms with van der Waals surface area (Å²) >= 11 is 0. The molecular weight excluding hydrogens is 256 g/mol. The van der Waals surface area contributed by atoms with Crippen molar-refractivity contribution in [1.29, 1.82) is 0 Å². The van der Waals surface area contributed by atoms with Crippen LogP contribution in [0.4, 0.5) is 11.4 Å². The van der Waals surface area contributed by atoms with Gasteiger partial charge in [-0.15, -0.1) is 0 Å². The van der Waals surface area contributed by atoms with Crippen molar-refractivity contribution in [3.8, 4) is 11.5 Å². The maximum atomic E-state index is 12.1. The van der Waals surface area contributed by atoms with Crippen LogP contribution < -0.4 is 15.8 Å². The Hall–Kier alpha value is -2.69. The average molecular weight is 272 g/mol. The molecule has 0 fully saturated rings. The van der Waals surface area contributed by atoms with Crippen molar-refractivity contribution in [2.24, 2.45) is 0 Å². The topological polar surface area (TPSA) is 84.6 Å². The number of nitrogens with one attached hydrogen (secondary N) is 1. The summed E-state index contributed by atoms with van der Waals surface area (Å²) in [7, 11) is 1.45. The molecule has 104 valence electrons. The zero-order chi connectivity index (χ0) is 14.7. The van der Waals surface area contributed by atoms with Crippen molar-refractivity contribution in [3.05, 3.63) is 47.5 Å². The minimum atomic E-state index is -0.349. The van der Waals surface area contributed by atoms with E-state index in [-0.39, 0.29) is 11.7 Å². The Morgan fingerprint density at radius 1 is 1.25 bits per heavy atom. The predicted molar refractivity (Wildman–Crippen MR) is 78.2 cm³/mol. The number of rotatable bonds is 3. The summed E-state index contributed by atoms with van der Waals surface area (Å²) < 4.78 is 4.93. The Morgan fingerprint density at radius 2 is 2.00 bits per heavy atom. The number of phenolic OH excluding ortho intramolecular Hbond substituents is 1. The minimum Gasteiger partial charge on any atom is -0.504 e. The molecule has 0 saturated heterocycles. The van der Waals surface area contributed by atoms with Gasteiger partial charge in [0.25, 0.3) is 5.91 Å². The second kappa shape index (κ2) is 5.52. The minimum absolute atomic E-state index is 0.0861. The van der Waals surface area contributed by atoms with E-state index in [2.05, 4.69) is 5.32 Å². The van der Waals surface area contributed by atoms with E-state index in [1.54, 1.807) is 18.2 Å². The highest BCUT2D eigenvalue weighted by Gasteiger charge is 2.11. The molecule has 5 heteroatoms. The smallest absolute Gasteiger partial charge is 0.255 e. The first-order valence-electron chi connectivity index (χ1n) is 6.05. The van der Waals surface area contributed by atoms with Gasteiger partial charge in [0, 0.05) is 5.56 Å². The van der Waals surface area contributed by atoms with Crippen LogP contribution in [0.25, 0.3) is 0 Å². The van der Waals surface area contributed by atoms with E-state index in [0.717, 1.165) is 5.56 Å². The van der Waals surface area contributed by atoms with Gasteiger partial charge in [-0.1, -0.05) is 6.07 Å². The number of benzene rings is 2. The number of methoxy groups -OCH3 is 1. The number of nitrogen functional groups attached to an aromatic ring is 1. The number of ether oxygens (including phenoxy) is 1. The molecule has 0 aromatic heterocycles. The monoisotopic (exact) mass is 272 g/mol. The summed E-state index contributed by atoms with van der Waals surface area (Å²) in [6.45, 7) is 1.92. The first-order chi connectivity index (χ1) is 9.51. The molecule has 2 rings (SSSR count). The maximum Gasteiger partial charge on any atom is 0.255 e. The summed E-state index contributed by atoms with van der Waals surface area (Å²) in [5.74, 6) is -0.119. The van der Waals surface area contributed by atoms with Crippen LogP contribution in [0.1, 0.15) is 15.9 Å². The molecule has 0 atom stereocenters. The van der Waals surface area contributed by atoms with Gasteiger partial charge >= 0.3 is 0 Å². The Bertz CT molecular complexity index is 654. The van der Waals surface area contributed by atoms with Crippen LogP contribution in [0.15, 0.2) is 36.4 Å². The highest BCUT2D eigenvalue weighted by Crippen LogP contribution is 2.27. The molecule has 0 aliphatic carbocycles. The molecule has 0 unspecified atom stereocenters. The number of nitrogens with two attached hydrogens (primary N) is 1. The summed E-state index contributed by atoms with van der Waals surface area (Å²) in [5, 5.41) is 12.4. The molecular formula is C15H16N2O3. The van der Waals surface area contributed by atoms with E-state index in [1.807, 2.05) is 13.0 Å². The summed E-state index contributed by atoms with van der Waals surface area (Å²) in [6.07, 6.45) is 0. The fourth-order valence-corrected chi connectivity index (χ4v) is 1.82. The number of carbonyl (C=O) groups is 1. The quantitative estimate of drug-likeness (QED) is 0.750. The zero-order valence-electron chi connectivity index (χ0n) is 11.3. The van der Waals surface area contributed by atoms with Crippen LogP contribution in [0.2, 0.25) is 0 Å². The van der Waals surface area contributed by atoms with E-state index in [9.17, 15) is 9.90 Å². The molecule has 0 aliphatic heterocycles. The Morgan fingerprint density at radius 3 is 2.60 bits per heavy atom. The van der Waals surface area contributed by atoms with Crippen LogP contribution in [-0.2, 0) is 0 Å². The van der Waals surface area contributed by atoms with Gasteiger partial charge in [-0.3, -0.25) is 4.79 Å². The van der Waals surface area contributed by atoms with Crippen molar-refractivity contribution in [1.82, 2.24) is 0 Å². The third-order valence-electron chi connectivity index (χ3n) is 2.90. The molecule has 0 aliphatic rings. The number of phenols is 1. The van der Waals surface area contributed by atoms with Gasteiger partial charge < -0.3 is 20.9 Å². The molecule has 2 aromatic rings. The van der Waals surface area contributed by atoms with Crippen molar-refractivity contribution in [2.45, 2.75) is 6.92 Å². The number of aryl methyl sites for hydroxylation is 1. The molecule has 1 amide bonds. The van der Waals surface area contributed by atoms with Gasteiger partial charge in [-0.05, 0) is 42.8 Å². The van der Waals surface area contributed by atoms with Gasteiger partial charge in [0.2, 0.25) is 0 Å². The van der Waals surface area contributed by atoms with Crippen molar-refractivity contribution in [3.63, 3.8) is 0 Å². The van der Waals surface area contributed by atoms with Crippen LogP contribution in [-0.4, -0.2) is 18.1 Å². The van der Waals surface area contributed by atoms with Crippen LogP contribution in [0.5, 0.6) is 11.5 Å². The Kier molecular flexibility index (Phi) is 3.79. The Labute approximate surface area is 117 Å². The second-order valence-electron chi connectivity index (χ2n) is 4.43. The molecule has 0 heterocycles. The first-order valence-corrected chi connectivity index (χ1v) is 6.05. The number of amides is 1.